The summed E-state index contributed by atoms with van der Waals surface area (Å²) in [5, 5.41) is 9.42. The monoisotopic (exact) mass is 301 g/mol. The molecule has 0 bridgehead atoms. The molecule has 4 nitrogen and oxygen atoms in total. The molecule has 2 atom stereocenters. The number of halogens is 1. The van der Waals surface area contributed by atoms with E-state index < -0.39 is 0 Å². The van der Waals surface area contributed by atoms with Gasteiger partial charge in [0, 0.05) is 12.6 Å². The first kappa shape index (κ1) is 12.6. The number of rotatable bonds is 3. The summed E-state index contributed by atoms with van der Waals surface area (Å²) < 4.78 is 5.84. The lowest BCUT2D eigenvalue weighted by Gasteiger charge is -2.24. The van der Waals surface area contributed by atoms with Crippen LogP contribution < -0.4 is 0 Å². The number of carbonyl (C=O) groups is 1. The lowest BCUT2D eigenvalue weighted by Crippen LogP contribution is -2.37. The molecule has 1 amide bonds. The first-order valence-electron chi connectivity index (χ1n) is 5.82. The summed E-state index contributed by atoms with van der Waals surface area (Å²) >= 11 is 3.19. The lowest BCUT2D eigenvalue weighted by atomic mass is 10.1. The molecule has 1 fully saturated rings. The van der Waals surface area contributed by atoms with E-state index in [1.54, 1.807) is 24.0 Å². The van der Waals surface area contributed by atoms with Gasteiger partial charge in [-0.3, -0.25) is 4.79 Å². The van der Waals surface area contributed by atoms with Gasteiger partial charge in [0.25, 0.3) is 5.91 Å². The highest BCUT2D eigenvalue weighted by Gasteiger charge is 2.31. The van der Waals surface area contributed by atoms with Crippen molar-refractivity contribution < 1.29 is 14.3 Å². The molecule has 0 aromatic carbocycles. The fraction of sp³-hybridized carbons (Fsp3) is 0.583. The number of furan rings is 1. The fourth-order valence-corrected chi connectivity index (χ4v) is 2.62. The number of hydrogen-bond donors (Lipinski definition) is 1. The van der Waals surface area contributed by atoms with Gasteiger partial charge >= 0.3 is 0 Å². The minimum Gasteiger partial charge on any atom is -0.444 e. The van der Waals surface area contributed by atoms with Gasteiger partial charge in [-0.15, -0.1) is 0 Å². The molecule has 1 N–H and O–H groups in total. The van der Waals surface area contributed by atoms with Gasteiger partial charge in [-0.05, 0) is 54.2 Å². The topological polar surface area (TPSA) is 53.7 Å². The van der Waals surface area contributed by atoms with Crippen LogP contribution in [0.4, 0.5) is 0 Å². The highest BCUT2D eigenvalue weighted by Crippen LogP contribution is 2.25. The molecule has 94 valence electrons. The van der Waals surface area contributed by atoms with E-state index in [1.165, 1.54) is 0 Å². The van der Waals surface area contributed by atoms with Gasteiger partial charge in [0.1, 0.15) is 0 Å². The van der Waals surface area contributed by atoms with Crippen molar-refractivity contribution in [3.63, 3.8) is 0 Å². The molecule has 1 aliphatic rings. The van der Waals surface area contributed by atoms with Crippen molar-refractivity contribution in [1.82, 2.24) is 4.90 Å². The third-order valence-corrected chi connectivity index (χ3v) is 3.46. The van der Waals surface area contributed by atoms with Crippen LogP contribution in [0, 0.1) is 0 Å². The quantitative estimate of drug-likeness (QED) is 0.933. The second kappa shape index (κ2) is 5.23. The van der Waals surface area contributed by atoms with E-state index in [9.17, 15) is 9.90 Å². The number of hydrogen-bond acceptors (Lipinski definition) is 3. The van der Waals surface area contributed by atoms with Crippen molar-refractivity contribution in [3.05, 3.63) is 22.6 Å². The third kappa shape index (κ3) is 2.90. The van der Waals surface area contributed by atoms with Gasteiger partial charge in [-0.1, -0.05) is 0 Å². The number of carbonyl (C=O) groups excluding carboxylic acids is 1. The first-order chi connectivity index (χ1) is 8.08. The summed E-state index contributed by atoms with van der Waals surface area (Å²) in [7, 11) is 0. The Labute approximate surface area is 109 Å². The van der Waals surface area contributed by atoms with Crippen LogP contribution in [0.2, 0.25) is 0 Å². The van der Waals surface area contributed by atoms with E-state index in [4.69, 9.17) is 4.42 Å². The van der Waals surface area contributed by atoms with E-state index >= 15 is 0 Å². The predicted molar refractivity (Wildman–Crippen MR) is 66.8 cm³/mol. The number of aliphatic hydroxyl groups is 1. The minimum atomic E-state index is -0.378. The standard InChI is InChI=1S/C12H16BrNO3/c1-8(15)7-9-3-2-6-14(9)12(16)10-4-5-11(13)17-10/h4-5,8-9,15H,2-3,6-7H2,1H3. The minimum absolute atomic E-state index is 0.0844. The maximum Gasteiger partial charge on any atom is 0.289 e. The van der Waals surface area contributed by atoms with Gasteiger partial charge in [0.15, 0.2) is 10.4 Å². The van der Waals surface area contributed by atoms with Gasteiger partial charge in [0.2, 0.25) is 0 Å². The average Bonchev–Trinajstić information content (AvgIpc) is 2.85. The zero-order valence-corrected chi connectivity index (χ0v) is 11.3. The Balaban J connectivity index is 2.08. The highest BCUT2D eigenvalue weighted by atomic mass is 79.9. The molecular formula is C12H16BrNO3. The summed E-state index contributed by atoms with van der Waals surface area (Å²) in [5.74, 6) is 0.271. The molecule has 1 aliphatic heterocycles. The van der Waals surface area contributed by atoms with Crippen molar-refractivity contribution in [2.45, 2.75) is 38.3 Å². The van der Waals surface area contributed by atoms with Crippen LogP contribution in [0.25, 0.3) is 0 Å². The van der Waals surface area contributed by atoms with Gasteiger partial charge in [-0.2, -0.15) is 0 Å². The fourth-order valence-electron chi connectivity index (χ4n) is 2.31. The SMILES string of the molecule is CC(O)CC1CCCN1C(=O)c1ccc(Br)o1. The Kier molecular flexibility index (Phi) is 3.89. The molecule has 5 heteroatoms. The van der Waals surface area contributed by atoms with Gasteiger partial charge in [-0.25, -0.2) is 0 Å². The third-order valence-electron chi connectivity index (χ3n) is 3.04. The Morgan fingerprint density at radius 2 is 2.47 bits per heavy atom. The molecule has 1 saturated heterocycles. The van der Waals surface area contributed by atoms with Crippen molar-refractivity contribution in [3.8, 4) is 0 Å². The Morgan fingerprint density at radius 3 is 3.06 bits per heavy atom. The normalized spacial score (nSPS) is 21.8. The maximum absolute atomic E-state index is 12.2. The molecule has 0 saturated carbocycles. The molecule has 1 aromatic heterocycles. The average molecular weight is 302 g/mol. The van der Waals surface area contributed by atoms with E-state index in [0.717, 1.165) is 19.4 Å². The van der Waals surface area contributed by atoms with Crippen LogP contribution >= 0.6 is 15.9 Å². The second-order valence-corrected chi connectivity index (χ2v) is 5.26. The molecule has 0 aliphatic carbocycles. The summed E-state index contributed by atoms with van der Waals surface area (Å²) in [5.41, 5.74) is 0. The largest absolute Gasteiger partial charge is 0.444 e. The van der Waals surface area contributed by atoms with Crippen molar-refractivity contribution in [1.29, 1.82) is 0 Å². The van der Waals surface area contributed by atoms with Crippen LogP contribution in [-0.2, 0) is 0 Å². The Morgan fingerprint density at radius 1 is 1.71 bits per heavy atom. The van der Waals surface area contributed by atoms with Crippen molar-refractivity contribution in [2.75, 3.05) is 6.54 Å². The molecular weight excluding hydrogens is 286 g/mol. The van der Waals surface area contributed by atoms with E-state index in [2.05, 4.69) is 15.9 Å². The van der Waals surface area contributed by atoms with Crippen LogP contribution in [-0.4, -0.2) is 34.6 Å². The predicted octanol–water partition coefficient (Wildman–Crippen LogP) is 2.42. The first-order valence-corrected chi connectivity index (χ1v) is 6.61. The zero-order valence-electron chi connectivity index (χ0n) is 9.73. The lowest BCUT2D eigenvalue weighted by molar-refractivity contribution is 0.0649. The smallest absolute Gasteiger partial charge is 0.289 e. The summed E-state index contributed by atoms with van der Waals surface area (Å²) in [6.45, 7) is 2.50. The molecule has 0 radical (unpaired) electrons. The zero-order chi connectivity index (χ0) is 12.4. The summed E-state index contributed by atoms with van der Waals surface area (Å²) in [6, 6.07) is 3.52. The van der Waals surface area contributed by atoms with Crippen LogP contribution in [0.3, 0.4) is 0 Å². The van der Waals surface area contributed by atoms with Crippen LogP contribution in [0.15, 0.2) is 21.2 Å². The number of likely N-dealkylation sites (tertiary alicyclic amines) is 1. The van der Waals surface area contributed by atoms with Gasteiger partial charge in [0.05, 0.1) is 6.10 Å². The molecule has 2 heterocycles. The second-order valence-electron chi connectivity index (χ2n) is 4.48. The Bertz CT molecular complexity index is 402. The molecule has 17 heavy (non-hydrogen) atoms. The maximum atomic E-state index is 12.2. The molecule has 2 rings (SSSR count). The number of nitrogens with zero attached hydrogens (tertiary/aromatic N) is 1. The summed E-state index contributed by atoms with van der Waals surface area (Å²) in [6.07, 6.45) is 2.20. The van der Waals surface area contributed by atoms with Crippen LogP contribution in [0.1, 0.15) is 36.7 Å². The number of aliphatic hydroxyl groups excluding tert-OH is 1. The molecule has 1 aromatic rings. The van der Waals surface area contributed by atoms with E-state index in [-0.39, 0.29) is 18.1 Å². The van der Waals surface area contributed by atoms with E-state index in [1.807, 2.05) is 0 Å². The summed E-state index contributed by atoms with van der Waals surface area (Å²) in [4.78, 5) is 14.0. The van der Waals surface area contributed by atoms with Crippen molar-refractivity contribution >= 4 is 21.8 Å². The molecule has 2 unspecified atom stereocenters. The molecule has 0 spiro atoms. The van der Waals surface area contributed by atoms with Crippen LogP contribution in [0.5, 0.6) is 0 Å². The van der Waals surface area contributed by atoms with Crippen molar-refractivity contribution in [2.24, 2.45) is 0 Å². The highest BCUT2D eigenvalue weighted by molar-refractivity contribution is 9.10. The van der Waals surface area contributed by atoms with Gasteiger partial charge < -0.3 is 14.4 Å². The Hall–Kier alpha value is -0.810. The number of amides is 1. The van der Waals surface area contributed by atoms with E-state index in [0.29, 0.717) is 16.9 Å².